The molecule has 0 fully saturated rings. The van der Waals surface area contributed by atoms with Crippen LogP contribution in [0, 0.1) is 5.41 Å². The van der Waals surface area contributed by atoms with E-state index in [9.17, 15) is 22.8 Å². The maximum Gasteiger partial charge on any atom is 0.425 e. The molecule has 2 aromatic heterocycles. The van der Waals surface area contributed by atoms with Crippen molar-refractivity contribution >= 4 is 68.6 Å². The number of hydrogen-bond donors (Lipinski definition) is 1. The Hall–Kier alpha value is -3.76. The topological polar surface area (TPSA) is 168 Å². The Morgan fingerprint density at radius 3 is 2.29 bits per heavy atom. The number of thioether (sulfide) groups is 1. The molecule has 3 aromatic rings. The Kier molecular flexibility index (Phi) is 10.9. The molecule has 0 bridgehead atoms. The van der Waals surface area contributed by atoms with Crippen molar-refractivity contribution in [3.05, 3.63) is 41.6 Å². The van der Waals surface area contributed by atoms with Gasteiger partial charge in [0.1, 0.15) is 17.4 Å². The van der Waals surface area contributed by atoms with Gasteiger partial charge >= 0.3 is 18.2 Å². The summed E-state index contributed by atoms with van der Waals surface area (Å²) < 4.78 is 47.5. The Bertz CT molecular complexity index is 1680. The third-order valence-corrected chi connectivity index (χ3v) is 7.76. The van der Waals surface area contributed by atoms with E-state index in [0.29, 0.717) is 10.7 Å². The lowest BCUT2D eigenvalue weighted by Crippen LogP contribution is -2.52. The second kappa shape index (κ2) is 13.7. The number of benzene rings is 1. The highest BCUT2D eigenvalue weighted by molar-refractivity contribution is 7.98. The van der Waals surface area contributed by atoms with Crippen LogP contribution in [0.15, 0.2) is 41.4 Å². The number of nitrogens with zero attached hydrogens (tertiary/aromatic N) is 4. The molecule has 45 heavy (non-hydrogen) atoms. The summed E-state index contributed by atoms with van der Waals surface area (Å²) in [6, 6.07) is 5.83. The number of nitrogens with one attached hydrogen (secondary N) is 1. The van der Waals surface area contributed by atoms with Gasteiger partial charge in [0.25, 0.3) is 11.6 Å². The Morgan fingerprint density at radius 1 is 1.07 bits per heavy atom. The summed E-state index contributed by atoms with van der Waals surface area (Å²) in [5, 5.41) is 7.21. The third kappa shape index (κ3) is 9.37. The first-order valence-corrected chi connectivity index (χ1v) is 16.9. The largest absolute Gasteiger partial charge is 0.495 e. The highest BCUT2D eigenvalue weighted by Crippen LogP contribution is 2.36. The number of carbonyl (C=O) groups is 3. The van der Waals surface area contributed by atoms with Crippen LogP contribution in [-0.4, -0.2) is 78.1 Å². The van der Waals surface area contributed by atoms with Crippen molar-refractivity contribution in [3.8, 4) is 5.75 Å². The molecule has 1 unspecified atom stereocenters. The second-order valence-corrected chi connectivity index (χ2v) is 15.1. The number of alkyl carbamates (subject to hydrolysis) is 1. The van der Waals surface area contributed by atoms with E-state index < -0.39 is 50.7 Å². The molecule has 17 heteroatoms. The predicted octanol–water partition coefficient (Wildman–Crippen LogP) is 5.20. The van der Waals surface area contributed by atoms with E-state index in [1.165, 1.54) is 42.3 Å². The van der Waals surface area contributed by atoms with Crippen LogP contribution in [0.4, 0.5) is 21.2 Å². The van der Waals surface area contributed by atoms with E-state index in [1.807, 2.05) is 0 Å². The zero-order valence-corrected chi connectivity index (χ0v) is 28.7. The average molecular weight is 686 g/mol. The number of esters is 1. The molecule has 0 spiro atoms. The van der Waals surface area contributed by atoms with Crippen molar-refractivity contribution in [2.45, 2.75) is 63.7 Å². The Balaban J connectivity index is 1.98. The van der Waals surface area contributed by atoms with Crippen molar-refractivity contribution in [2.75, 3.05) is 24.5 Å². The molecule has 1 N–H and O–H groups in total. The van der Waals surface area contributed by atoms with Gasteiger partial charge in [-0.3, -0.25) is 0 Å². The fourth-order valence-electron chi connectivity index (χ4n) is 3.77. The molecule has 0 radical (unpaired) electrons. The van der Waals surface area contributed by atoms with Crippen LogP contribution in [0.3, 0.4) is 0 Å². The van der Waals surface area contributed by atoms with Crippen LogP contribution < -0.4 is 15.0 Å². The number of amides is 2. The smallest absolute Gasteiger partial charge is 0.425 e. The number of fused-ring (bicyclic) bond motifs is 1. The number of hydrogen-bond acceptors (Lipinski definition) is 12. The lowest BCUT2D eigenvalue weighted by Gasteiger charge is -2.31. The minimum Gasteiger partial charge on any atom is -0.495 e. The summed E-state index contributed by atoms with van der Waals surface area (Å²) in [4.78, 5) is 44.9. The van der Waals surface area contributed by atoms with Crippen molar-refractivity contribution in [3.63, 3.8) is 0 Å². The molecule has 2 atom stereocenters. The summed E-state index contributed by atoms with van der Waals surface area (Å²) >= 11 is 6.98. The van der Waals surface area contributed by atoms with Crippen LogP contribution >= 0.6 is 23.4 Å². The Morgan fingerprint density at radius 2 is 1.73 bits per heavy atom. The highest BCUT2D eigenvalue weighted by atomic mass is 35.5. The van der Waals surface area contributed by atoms with Gasteiger partial charge in [-0.2, -0.15) is 4.98 Å². The summed E-state index contributed by atoms with van der Waals surface area (Å²) in [5.74, 6) is -1.08. The number of sulfone groups is 1. The van der Waals surface area contributed by atoms with Gasteiger partial charge in [-0.25, -0.2) is 32.2 Å². The van der Waals surface area contributed by atoms with Crippen LogP contribution in [0.2, 0.25) is 5.02 Å². The predicted molar refractivity (Wildman–Crippen MR) is 169 cm³/mol. The minimum absolute atomic E-state index is 0.0150. The summed E-state index contributed by atoms with van der Waals surface area (Å²) in [5.41, 5.74) is -2.76. The summed E-state index contributed by atoms with van der Waals surface area (Å²) in [6.45, 7) is 10.2. The first kappa shape index (κ1) is 35.7. The standard InChI is InChI=1S/C28H36ClN5O9S2/c1-27(2,3)21(31-24(36)43-28(4,5)6)22(35)41-26(44-8)42-25(37)34(23-30-20-13-10-16(29)15-33(20)32-23)18-12-11-17(45(9,38)39)14-19(18)40-7/h10-15,21,26H,1-9H3,(H,31,36)/t21-,26?/m1/s1. The van der Waals surface area contributed by atoms with Crippen molar-refractivity contribution in [1.29, 1.82) is 0 Å². The summed E-state index contributed by atoms with van der Waals surface area (Å²) in [6.07, 6.45) is 2.11. The first-order valence-electron chi connectivity index (χ1n) is 13.4. The number of halogens is 1. The number of ether oxygens (including phenoxy) is 4. The van der Waals surface area contributed by atoms with E-state index in [4.69, 9.17) is 30.5 Å². The quantitative estimate of drug-likeness (QED) is 0.231. The maximum atomic E-state index is 13.8. The van der Waals surface area contributed by atoms with E-state index in [1.54, 1.807) is 53.7 Å². The molecule has 246 valence electrons. The van der Waals surface area contributed by atoms with Crippen molar-refractivity contribution in [2.24, 2.45) is 5.41 Å². The minimum atomic E-state index is -3.63. The second-order valence-electron chi connectivity index (χ2n) is 11.8. The van der Waals surface area contributed by atoms with Crippen molar-refractivity contribution in [1.82, 2.24) is 19.9 Å². The first-order chi connectivity index (χ1) is 20.7. The molecule has 2 heterocycles. The maximum absolute atomic E-state index is 13.8. The zero-order chi connectivity index (χ0) is 33.9. The number of anilines is 2. The lowest BCUT2D eigenvalue weighted by molar-refractivity contribution is -0.161. The molecule has 0 aliphatic carbocycles. The van der Waals surface area contributed by atoms with E-state index in [-0.39, 0.29) is 22.3 Å². The SMILES string of the molecule is COc1cc(S(C)(=O)=O)ccc1N(C(=O)OC(OC(=O)[C@@H](NC(=O)OC(C)(C)C)C(C)(C)C)SC)c1nc2ccc(Cl)cn2n1. The molecular formula is C28H36ClN5O9S2. The van der Waals surface area contributed by atoms with E-state index in [0.717, 1.165) is 22.9 Å². The van der Waals surface area contributed by atoms with Gasteiger partial charge in [-0.05, 0) is 56.7 Å². The summed E-state index contributed by atoms with van der Waals surface area (Å²) in [7, 11) is -2.33. The van der Waals surface area contributed by atoms with Gasteiger partial charge < -0.3 is 24.3 Å². The zero-order valence-electron chi connectivity index (χ0n) is 26.3. The lowest BCUT2D eigenvalue weighted by atomic mass is 9.87. The molecule has 3 rings (SSSR count). The van der Waals surface area contributed by atoms with Gasteiger partial charge in [0, 0.05) is 18.5 Å². The fraction of sp³-hybridized carbons (Fsp3) is 0.464. The molecule has 14 nitrogen and oxygen atoms in total. The average Bonchev–Trinajstić information content (AvgIpc) is 3.31. The van der Waals surface area contributed by atoms with Crippen LogP contribution in [-0.2, 0) is 28.8 Å². The van der Waals surface area contributed by atoms with E-state index in [2.05, 4.69) is 15.4 Å². The molecule has 0 aliphatic heterocycles. The van der Waals surface area contributed by atoms with Gasteiger partial charge in [0.05, 0.1) is 22.7 Å². The fourth-order valence-corrected chi connectivity index (χ4v) is 4.94. The molecule has 1 aromatic carbocycles. The Labute approximate surface area is 270 Å². The normalized spacial score (nSPS) is 13.5. The third-order valence-electron chi connectivity index (χ3n) is 5.85. The number of rotatable bonds is 9. The number of methoxy groups -OCH3 is 1. The molecule has 2 amide bonds. The molecule has 0 aliphatic rings. The van der Waals surface area contributed by atoms with Crippen molar-refractivity contribution < 1.29 is 41.7 Å². The van der Waals surface area contributed by atoms with Gasteiger partial charge in [-0.15, -0.1) is 5.10 Å². The monoisotopic (exact) mass is 685 g/mol. The van der Waals surface area contributed by atoms with Crippen LogP contribution in [0.1, 0.15) is 41.5 Å². The van der Waals surface area contributed by atoms with Gasteiger partial charge in [0.2, 0.25) is 0 Å². The van der Waals surface area contributed by atoms with Gasteiger partial charge in [-0.1, -0.05) is 44.1 Å². The number of carbonyl (C=O) groups excluding carboxylic acids is 3. The van der Waals surface area contributed by atoms with Gasteiger partial charge in [0.15, 0.2) is 15.5 Å². The molecule has 0 saturated carbocycles. The number of aromatic nitrogens is 3. The van der Waals surface area contributed by atoms with Crippen LogP contribution in [0.25, 0.3) is 5.65 Å². The highest BCUT2D eigenvalue weighted by Gasteiger charge is 2.38. The molecule has 0 saturated heterocycles. The van der Waals surface area contributed by atoms with E-state index >= 15 is 0 Å². The van der Waals surface area contributed by atoms with Crippen LogP contribution in [0.5, 0.6) is 5.75 Å². The number of pyridine rings is 1. The molecular weight excluding hydrogens is 650 g/mol.